The zero-order valence-electron chi connectivity index (χ0n) is 8.70. The van der Waals surface area contributed by atoms with Gasteiger partial charge in [0.05, 0.1) is 0 Å². The molecule has 0 aliphatic heterocycles. The first-order valence-electron chi connectivity index (χ1n) is 4.70. The fourth-order valence-corrected chi connectivity index (χ4v) is 0.934. The fraction of sp³-hybridized carbons (Fsp3) is 0.444. The van der Waals surface area contributed by atoms with Crippen molar-refractivity contribution in [3.8, 4) is 0 Å². The van der Waals surface area contributed by atoms with E-state index in [0.29, 0.717) is 12.2 Å². The predicted octanol–water partition coefficient (Wildman–Crippen LogP) is 1.31. The summed E-state index contributed by atoms with van der Waals surface area (Å²) in [5, 5.41) is 2.16. The molecule has 1 N–H and O–H groups in total. The molecular weight excluding hydrogens is 239 g/mol. The molecule has 0 aliphatic carbocycles. The highest BCUT2D eigenvalue weighted by molar-refractivity contribution is 5.67. The molecule has 0 fully saturated rings. The highest BCUT2D eigenvalue weighted by atomic mass is 19.4. The number of alkyl halides is 3. The average molecular weight is 249 g/mol. The van der Waals surface area contributed by atoms with E-state index in [1.165, 1.54) is 12.4 Å². The first-order valence-corrected chi connectivity index (χ1v) is 4.70. The second kappa shape index (κ2) is 6.02. The minimum Gasteiger partial charge on any atom is -0.440 e. The van der Waals surface area contributed by atoms with Gasteiger partial charge < -0.3 is 10.1 Å². The van der Waals surface area contributed by atoms with Crippen LogP contribution in [0.5, 0.6) is 0 Å². The Hall–Kier alpha value is -1.86. The molecule has 0 aromatic carbocycles. The van der Waals surface area contributed by atoms with Gasteiger partial charge in [-0.1, -0.05) is 0 Å². The SMILES string of the molecule is O=C(NCCc1ncccn1)OCC(F)(F)F. The van der Waals surface area contributed by atoms with Crippen molar-refractivity contribution in [2.45, 2.75) is 12.6 Å². The molecule has 0 radical (unpaired) electrons. The summed E-state index contributed by atoms with van der Waals surface area (Å²) in [6.45, 7) is -1.48. The summed E-state index contributed by atoms with van der Waals surface area (Å²) < 4.78 is 39.0. The summed E-state index contributed by atoms with van der Waals surface area (Å²) in [6, 6.07) is 1.63. The molecule has 1 amide bonds. The van der Waals surface area contributed by atoms with Gasteiger partial charge in [0.15, 0.2) is 6.61 Å². The number of rotatable bonds is 4. The van der Waals surface area contributed by atoms with E-state index in [1.54, 1.807) is 6.07 Å². The normalized spacial score (nSPS) is 11.0. The Kier molecular flexibility index (Phi) is 4.68. The number of halogens is 3. The van der Waals surface area contributed by atoms with Crippen molar-refractivity contribution < 1.29 is 22.7 Å². The Morgan fingerprint density at radius 3 is 2.59 bits per heavy atom. The maximum atomic E-state index is 11.7. The highest BCUT2D eigenvalue weighted by Gasteiger charge is 2.29. The molecule has 0 atom stereocenters. The van der Waals surface area contributed by atoms with E-state index >= 15 is 0 Å². The number of hydrogen-bond donors (Lipinski definition) is 1. The molecule has 0 unspecified atom stereocenters. The number of alkyl carbamates (subject to hydrolysis) is 1. The van der Waals surface area contributed by atoms with Crippen LogP contribution in [0.25, 0.3) is 0 Å². The number of nitrogens with zero attached hydrogens (tertiary/aromatic N) is 2. The van der Waals surface area contributed by atoms with E-state index < -0.39 is 18.9 Å². The Bertz CT molecular complexity index is 356. The summed E-state index contributed by atoms with van der Waals surface area (Å²) in [4.78, 5) is 18.6. The molecule has 1 aromatic rings. The topological polar surface area (TPSA) is 64.1 Å². The van der Waals surface area contributed by atoms with Gasteiger partial charge in [0.2, 0.25) is 0 Å². The van der Waals surface area contributed by atoms with E-state index in [9.17, 15) is 18.0 Å². The molecular formula is C9H10F3N3O2. The number of carbonyl (C=O) groups excluding carboxylic acids is 1. The Morgan fingerprint density at radius 1 is 1.35 bits per heavy atom. The smallest absolute Gasteiger partial charge is 0.422 e. The van der Waals surface area contributed by atoms with Gasteiger partial charge in [-0.05, 0) is 6.07 Å². The Morgan fingerprint density at radius 2 is 2.00 bits per heavy atom. The van der Waals surface area contributed by atoms with Crippen LogP contribution >= 0.6 is 0 Å². The van der Waals surface area contributed by atoms with Gasteiger partial charge in [-0.3, -0.25) is 0 Å². The van der Waals surface area contributed by atoms with Gasteiger partial charge in [-0.25, -0.2) is 14.8 Å². The second-order valence-corrected chi connectivity index (χ2v) is 3.03. The minimum absolute atomic E-state index is 0.112. The highest BCUT2D eigenvalue weighted by Crippen LogP contribution is 2.14. The zero-order valence-corrected chi connectivity index (χ0v) is 8.70. The van der Waals surface area contributed by atoms with Crippen LogP contribution in [0.15, 0.2) is 18.5 Å². The van der Waals surface area contributed by atoms with Crippen molar-refractivity contribution in [3.05, 3.63) is 24.3 Å². The van der Waals surface area contributed by atoms with Crippen LogP contribution in [-0.4, -0.2) is 35.4 Å². The van der Waals surface area contributed by atoms with Crippen LogP contribution in [0, 0.1) is 0 Å². The van der Waals surface area contributed by atoms with Gasteiger partial charge in [0.1, 0.15) is 5.82 Å². The molecule has 17 heavy (non-hydrogen) atoms. The zero-order chi connectivity index (χ0) is 12.7. The van der Waals surface area contributed by atoms with Crippen LogP contribution in [-0.2, 0) is 11.2 Å². The largest absolute Gasteiger partial charge is 0.440 e. The van der Waals surface area contributed by atoms with E-state index in [4.69, 9.17) is 0 Å². The Labute approximate surface area is 95.0 Å². The summed E-state index contributed by atoms with van der Waals surface area (Å²) in [5.74, 6) is 0.489. The van der Waals surface area contributed by atoms with Crippen molar-refractivity contribution >= 4 is 6.09 Å². The first kappa shape index (κ1) is 13.2. The summed E-state index contributed by atoms with van der Waals surface area (Å²) >= 11 is 0. The third kappa shape index (κ3) is 6.33. The lowest BCUT2D eigenvalue weighted by Gasteiger charge is -2.08. The summed E-state index contributed by atoms with van der Waals surface area (Å²) in [5.41, 5.74) is 0. The lowest BCUT2D eigenvalue weighted by Crippen LogP contribution is -2.30. The first-order chi connectivity index (χ1) is 7.97. The molecule has 94 valence electrons. The molecule has 1 rings (SSSR count). The molecule has 0 spiro atoms. The molecule has 1 heterocycles. The van der Waals surface area contributed by atoms with Crippen LogP contribution < -0.4 is 5.32 Å². The van der Waals surface area contributed by atoms with Crippen molar-refractivity contribution in [1.29, 1.82) is 0 Å². The summed E-state index contributed by atoms with van der Waals surface area (Å²) in [7, 11) is 0. The van der Waals surface area contributed by atoms with Crippen molar-refractivity contribution in [2.75, 3.05) is 13.2 Å². The lowest BCUT2D eigenvalue weighted by molar-refractivity contribution is -0.160. The molecule has 5 nitrogen and oxygen atoms in total. The molecule has 8 heteroatoms. The number of carbonyl (C=O) groups is 1. The number of aromatic nitrogens is 2. The van der Waals surface area contributed by atoms with Gasteiger partial charge in [-0.15, -0.1) is 0 Å². The summed E-state index contributed by atoms with van der Waals surface area (Å²) in [6.07, 6.45) is -2.24. The average Bonchev–Trinajstić information content (AvgIpc) is 2.27. The third-order valence-electron chi connectivity index (χ3n) is 1.60. The molecule has 0 saturated carbocycles. The van der Waals surface area contributed by atoms with Crippen molar-refractivity contribution in [3.63, 3.8) is 0 Å². The molecule has 0 saturated heterocycles. The van der Waals surface area contributed by atoms with Gasteiger partial charge in [-0.2, -0.15) is 13.2 Å². The van der Waals surface area contributed by atoms with Crippen molar-refractivity contribution in [2.24, 2.45) is 0 Å². The van der Waals surface area contributed by atoms with Gasteiger partial charge >= 0.3 is 12.3 Å². The van der Waals surface area contributed by atoms with Crippen LogP contribution in [0.2, 0.25) is 0 Å². The van der Waals surface area contributed by atoms with E-state index in [2.05, 4.69) is 20.0 Å². The molecule has 0 bridgehead atoms. The number of amides is 1. The Balaban J connectivity index is 2.17. The molecule has 0 aliphatic rings. The van der Waals surface area contributed by atoms with Gasteiger partial charge in [0, 0.05) is 25.4 Å². The van der Waals surface area contributed by atoms with Crippen LogP contribution in [0.1, 0.15) is 5.82 Å². The standard InChI is InChI=1S/C9H10F3N3O2/c10-9(11,12)6-17-8(16)15-5-2-7-13-3-1-4-14-7/h1,3-4H,2,5-6H2,(H,15,16). The van der Waals surface area contributed by atoms with E-state index in [-0.39, 0.29) is 6.54 Å². The second-order valence-electron chi connectivity index (χ2n) is 3.03. The third-order valence-corrected chi connectivity index (χ3v) is 1.60. The predicted molar refractivity (Wildman–Crippen MR) is 51.1 cm³/mol. The fourth-order valence-electron chi connectivity index (χ4n) is 0.934. The van der Waals surface area contributed by atoms with Crippen LogP contribution in [0.4, 0.5) is 18.0 Å². The van der Waals surface area contributed by atoms with Crippen molar-refractivity contribution in [1.82, 2.24) is 15.3 Å². The number of hydrogen-bond acceptors (Lipinski definition) is 4. The minimum atomic E-state index is -4.51. The number of ether oxygens (including phenoxy) is 1. The maximum Gasteiger partial charge on any atom is 0.422 e. The van der Waals surface area contributed by atoms with Crippen LogP contribution in [0.3, 0.4) is 0 Å². The maximum absolute atomic E-state index is 11.7. The number of nitrogens with one attached hydrogen (secondary N) is 1. The van der Waals surface area contributed by atoms with Gasteiger partial charge in [0.25, 0.3) is 0 Å². The lowest BCUT2D eigenvalue weighted by atomic mass is 10.4. The van der Waals surface area contributed by atoms with E-state index in [0.717, 1.165) is 0 Å². The quantitative estimate of drug-likeness (QED) is 0.873. The molecule has 1 aromatic heterocycles. The monoisotopic (exact) mass is 249 g/mol. The van der Waals surface area contributed by atoms with E-state index in [1.807, 2.05) is 0 Å².